The number of hydrogen-bond donors (Lipinski definition) is 1. The van der Waals surface area contributed by atoms with Crippen molar-refractivity contribution in [1.29, 1.82) is 0 Å². The lowest BCUT2D eigenvalue weighted by Gasteiger charge is -2.26. The fourth-order valence-corrected chi connectivity index (χ4v) is 3.51. The van der Waals surface area contributed by atoms with E-state index in [0.717, 1.165) is 31.3 Å². The second-order valence-corrected chi connectivity index (χ2v) is 4.99. The molecule has 3 nitrogen and oxygen atoms in total. The van der Waals surface area contributed by atoms with E-state index in [1.165, 1.54) is 18.3 Å². The van der Waals surface area contributed by atoms with Crippen LogP contribution in [0.2, 0.25) is 0 Å². The smallest absolute Gasteiger partial charge is 0.333 e. The van der Waals surface area contributed by atoms with Crippen molar-refractivity contribution in [2.45, 2.75) is 31.8 Å². The van der Waals surface area contributed by atoms with Crippen molar-refractivity contribution in [1.82, 2.24) is 0 Å². The Morgan fingerprint density at radius 2 is 2.25 bits per heavy atom. The van der Waals surface area contributed by atoms with Crippen LogP contribution in [0, 0.1) is 11.8 Å². The number of carbonyl (C=O) groups excluding carboxylic acids is 1. The SMILES string of the molecule is COC(=O)C1=CCC2=C(C1)[C@@H]1C[C@H](O)[C@H]2C1. The molecule has 3 rings (SSSR count). The Balaban J connectivity index is 1.83. The van der Waals surface area contributed by atoms with Crippen LogP contribution >= 0.6 is 0 Å². The van der Waals surface area contributed by atoms with Crippen LogP contribution in [0.5, 0.6) is 0 Å². The van der Waals surface area contributed by atoms with Crippen molar-refractivity contribution >= 4 is 5.97 Å². The van der Waals surface area contributed by atoms with Gasteiger partial charge in [0.25, 0.3) is 0 Å². The lowest BCUT2D eigenvalue weighted by molar-refractivity contribution is -0.136. The zero-order chi connectivity index (χ0) is 11.3. The predicted molar refractivity (Wildman–Crippen MR) is 58.6 cm³/mol. The van der Waals surface area contributed by atoms with E-state index in [2.05, 4.69) is 0 Å². The summed E-state index contributed by atoms with van der Waals surface area (Å²) in [7, 11) is 1.43. The number of ether oxygens (including phenoxy) is 1. The van der Waals surface area contributed by atoms with Gasteiger partial charge in [-0.1, -0.05) is 17.2 Å². The number of aliphatic hydroxyl groups is 1. The number of esters is 1. The lowest BCUT2D eigenvalue weighted by atomic mass is 9.81. The van der Waals surface area contributed by atoms with Crippen LogP contribution in [0.15, 0.2) is 22.8 Å². The molecule has 0 aromatic carbocycles. The number of methoxy groups -OCH3 is 1. The summed E-state index contributed by atoms with van der Waals surface area (Å²) in [5, 5.41) is 9.83. The van der Waals surface area contributed by atoms with E-state index in [9.17, 15) is 9.90 Å². The Hall–Kier alpha value is -1.09. The fourth-order valence-electron chi connectivity index (χ4n) is 3.51. The summed E-state index contributed by atoms with van der Waals surface area (Å²) in [4.78, 5) is 11.5. The van der Waals surface area contributed by atoms with Gasteiger partial charge in [0.15, 0.2) is 0 Å². The minimum atomic E-state index is -0.199. The average molecular weight is 220 g/mol. The van der Waals surface area contributed by atoms with Crippen LogP contribution in [0.4, 0.5) is 0 Å². The fraction of sp³-hybridized carbons (Fsp3) is 0.615. The van der Waals surface area contributed by atoms with Gasteiger partial charge in [-0.15, -0.1) is 0 Å². The molecule has 0 aromatic rings. The van der Waals surface area contributed by atoms with Crippen molar-refractivity contribution < 1.29 is 14.6 Å². The molecule has 0 aromatic heterocycles. The molecule has 0 radical (unpaired) electrons. The van der Waals surface area contributed by atoms with Gasteiger partial charge in [0, 0.05) is 17.9 Å². The highest BCUT2D eigenvalue weighted by Gasteiger charge is 2.45. The Morgan fingerprint density at radius 3 is 3.00 bits per heavy atom. The van der Waals surface area contributed by atoms with E-state index >= 15 is 0 Å². The second kappa shape index (κ2) is 3.45. The molecule has 16 heavy (non-hydrogen) atoms. The van der Waals surface area contributed by atoms with Crippen molar-refractivity contribution in [2.75, 3.05) is 7.11 Å². The summed E-state index contributed by atoms with van der Waals surface area (Å²) in [6.07, 6.45) is 5.38. The van der Waals surface area contributed by atoms with Crippen molar-refractivity contribution in [3.05, 3.63) is 22.8 Å². The third-order valence-electron chi connectivity index (χ3n) is 4.28. The van der Waals surface area contributed by atoms with Gasteiger partial charge in [0.05, 0.1) is 13.2 Å². The van der Waals surface area contributed by atoms with Gasteiger partial charge >= 0.3 is 5.97 Å². The quantitative estimate of drug-likeness (QED) is 0.539. The highest BCUT2D eigenvalue weighted by molar-refractivity contribution is 5.89. The Kier molecular flexibility index (Phi) is 2.18. The second-order valence-electron chi connectivity index (χ2n) is 4.99. The van der Waals surface area contributed by atoms with Crippen LogP contribution in [0.25, 0.3) is 0 Å². The molecule has 86 valence electrons. The zero-order valence-corrected chi connectivity index (χ0v) is 9.40. The summed E-state index contributed by atoms with van der Waals surface area (Å²) in [6, 6.07) is 0. The first-order valence-electron chi connectivity index (χ1n) is 5.88. The normalized spacial score (nSPS) is 36.1. The van der Waals surface area contributed by atoms with Crippen molar-refractivity contribution in [3.8, 4) is 0 Å². The van der Waals surface area contributed by atoms with E-state index in [-0.39, 0.29) is 12.1 Å². The number of aliphatic hydroxyl groups excluding tert-OH is 1. The highest BCUT2D eigenvalue weighted by Crippen LogP contribution is 2.53. The molecule has 0 spiro atoms. The number of rotatable bonds is 1. The molecule has 1 fully saturated rings. The number of fused-ring (bicyclic) bond motifs is 4. The van der Waals surface area contributed by atoms with Gasteiger partial charge in [-0.3, -0.25) is 0 Å². The predicted octanol–water partition coefficient (Wildman–Crippen LogP) is 1.58. The van der Waals surface area contributed by atoms with E-state index in [1.807, 2.05) is 6.08 Å². The molecule has 2 bridgehead atoms. The van der Waals surface area contributed by atoms with Crippen molar-refractivity contribution in [2.24, 2.45) is 11.8 Å². The molecule has 0 aliphatic heterocycles. The van der Waals surface area contributed by atoms with Crippen molar-refractivity contribution in [3.63, 3.8) is 0 Å². The largest absolute Gasteiger partial charge is 0.466 e. The summed E-state index contributed by atoms with van der Waals surface area (Å²) >= 11 is 0. The zero-order valence-electron chi connectivity index (χ0n) is 9.40. The first-order chi connectivity index (χ1) is 7.70. The monoisotopic (exact) mass is 220 g/mol. The van der Waals surface area contributed by atoms with Gasteiger partial charge < -0.3 is 9.84 Å². The molecule has 3 aliphatic rings. The van der Waals surface area contributed by atoms with Crippen LogP contribution < -0.4 is 0 Å². The van der Waals surface area contributed by atoms with Crippen LogP contribution in [-0.2, 0) is 9.53 Å². The van der Waals surface area contributed by atoms with E-state index in [0.29, 0.717) is 11.8 Å². The van der Waals surface area contributed by atoms with Gasteiger partial charge in [-0.25, -0.2) is 4.79 Å². The minimum Gasteiger partial charge on any atom is -0.466 e. The molecule has 0 unspecified atom stereocenters. The van der Waals surface area contributed by atoms with Crippen LogP contribution in [-0.4, -0.2) is 24.3 Å². The Bertz CT molecular complexity index is 405. The first kappa shape index (κ1) is 10.1. The summed E-state index contributed by atoms with van der Waals surface area (Å²) in [5.74, 6) is 0.689. The van der Waals surface area contributed by atoms with Gasteiger partial charge in [-0.2, -0.15) is 0 Å². The molecule has 0 heterocycles. The first-order valence-corrected chi connectivity index (χ1v) is 5.88. The molecule has 3 atom stereocenters. The van der Waals surface area contributed by atoms with Gasteiger partial charge in [0.1, 0.15) is 0 Å². The number of allylic oxidation sites excluding steroid dienone is 2. The van der Waals surface area contributed by atoms with E-state index < -0.39 is 0 Å². The van der Waals surface area contributed by atoms with E-state index in [1.54, 1.807) is 0 Å². The molecule has 1 saturated carbocycles. The number of carbonyl (C=O) groups is 1. The third-order valence-corrected chi connectivity index (χ3v) is 4.28. The maximum atomic E-state index is 11.5. The maximum Gasteiger partial charge on any atom is 0.333 e. The molecular weight excluding hydrogens is 204 g/mol. The molecule has 1 N–H and O–H groups in total. The van der Waals surface area contributed by atoms with Crippen LogP contribution in [0.3, 0.4) is 0 Å². The summed E-state index contributed by atoms with van der Waals surface area (Å²) in [5.41, 5.74) is 3.61. The standard InChI is InChI=1S/C13H16O3/c1-16-13(15)7-2-3-9-10(4-7)8-5-11(9)12(14)6-8/h2,8,11-12,14H,3-6H2,1H3/t8-,11-,12-/m0/s1. The number of hydrogen-bond acceptors (Lipinski definition) is 3. The van der Waals surface area contributed by atoms with Crippen LogP contribution in [0.1, 0.15) is 25.7 Å². The van der Waals surface area contributed by atoms with E-state index in [4.69, 9.17) is 4.74 Å². The van der Waals surface area contributed by atoms with Gasteiger partial charge in [-0.05, 0) is 25.2 Å². The maximum absolute atomic E-state index is 11.5. The summed E-state index contributed by atoms with van der Waals surface area (Å²) < 4.78 is 4.76. The molecular formula is C13H16O3. The lowest BCUT2D eigenvalue weighted by Crippen LogP contribution is -2.22. The Labute approximate surface area is 94.8 Å². The Morgan fingerprint density at radius 1 is 1.44 bits per heavy atom. The highest BCUT2D eigenvalue weighted by atomic mass is 16.5. The molecule has 0 amide bonds. The van der Waals surface area contributed by atoms with Gasteiger partial charge in [0.2, 0.25) is 0 Å². The topological polar surface area (TPSA) is 46.5 Å². The molecule has 3 aliphatic carbocycles. The molecule has 3 heteroatoms. The average Bonchev–Trinajstić information content (AvgIpc) is 2.85. The minimum absolute atomic E-state index is 0.142. The summed E-state index contributed by atoms with van der Waals surface area (Å²) in [6.45, 7) is 0. The third kappa shape index (κ3) is 1.27. The molecule has 0 saturated heterocycles.